The van der Waals surface area contributed by atoms with Crippen LogP contribution in [0.4, 0.5) is 0 Å². The number of rotatable bonds is 5. The molecule has 4 heteroatoms. The van der Waals surface area contributed by atoms with E-state index < -0.39 is 0 Å². The van der Waals surface area contributed by atoms with E-state index in [1.807, 2.05) is 18.4 Å². The Bertz CT molecular complexity index is 364. The van der Waals surface area contributed by atoms with Crippen LogP contribution in [0.25, 0.3) is 0 Å². The van der Waals surface area contributed by atoms with Crippen LogP contribution in [-0.4, -0.2) is 12.5 Å². The number of hydrogen-bond donors (Lipinski definition) is 2. The first-order valence-corrected chi connectivity index (χ1v) is 6.29. The molecular formula is C12H18N2OS. The molecule has 1 rings (SSSR count). The Hall–Kier alpha value is -1.29. The molecule has 1 amide bonds. The standard InChI is InChI=1S/C12H18N2OS/c1-3-11(9(2)13)12(15)14-7-6-10-5-4-8-16-10/h4-5,8H,3,6-7,13H2,1-2H3,(H,14,15)/b11-9-. The second kappa shape index (κ2) is 6.33. The van der Waals surface area contributed by atoms with E-state index in [-0.39, 0.29) is 5.91 Å². The molecular weight excluding hydrogens is 220 g/mol. The van der Waals surface area contributed by atoms with Gasteiger partial charge in [-0.05, 0) is 31.2 Å². The summed E-state index contributed by atoms with van der Waals surface area (Å²) in [6.45, 7) is 4.36. The summed E-state index contributed by atoms with van der Waals surface area (Å²) in [6.07, 6.45) is 1.55. The van der Waals surface area contributed by atoms with Crippen molar-refractivity contribution in [2.75, 3.05) is 6.54 Å². The molecule has 1 aromatic heterocycles. The van der Waals surface area contributed by atoms with Crippen LogP contribution >= 0.6 is 11.3 Å². The van der Waals surface area contributed by atoms with Gasteiger partial charge in [-0.1, -0.05) is 13.0 Å². The van der Waals surface area contributed by atoms with E-state index >= 15 is 0 Å². The first-order chi connectivity index (χ1) is 7.65. The quantitative estimate of drug-likeness (QED) is 0.771. The maximum Gasteiger partial charge on any atom is 0.248 e. The molecule has 1 aromatic rings. The Morgan fingerprint density at radius 2 is 2.31 bits per heavy atom. The maximum atomic E-state index is 11.7. The molecule has 88 valence electrons. The summed E-state index contributed by atoms with van der Waals surface area (Å²) < 4.78 is 0. The molecule has 0 spiro atoms. The molecule has 0 aromatic carbocycles. The molecule has 0 aliphatic rings. The van der Waals surface area contributed by atoms with Crippen LogP contribution in [0.3, 0.4) is 0 Å². The lowest BCUT2D eigenvalue weighted by Gasteiger charge is -2.08. The van der Waals surface area contributed by atoms with Crippen molar-refractivity contribution in [1.29, 1.82) is 0 Å². The van der Waals surface area contributed by atoms with Crippen molar-refractivity contribution in [3.05, 3.63) is 33.7 Å². The molecule has 0 aliphatic heterocycles. The van der Waals surface area contributed by atoms with Gasteiger partial charge < -0.3 is 11.1 Å². The minimum absolute atomic E-state index is 0.0425. The number of amides is 1. The van der Waals surface area contributed by atoms with Crippen LogP contribution in [0, 0.1) is 0 Å². The summed E-state index contributed by atoms with van der Waals surface area (Å²) in [4.78, 5) is 13.0. The lowest BCUT2D eigenvalue weighted by atomic mass is 10.1. The van der Waals surface area contributed by atoms with Crippen molar-refractivity contribution >= 4 is 17.2 Å². The minimum atomic E-state index is -0.0425. The normalized spacial score (nSPS) is 12.1. The van der Waals surface area contributed by atoms with Crippen LogP contribution in [0.5, 0.6) is 0 Å². The van der Waals surface area contributed by atoms with E-state index in [2.05, 4.69) is 11.4 Å². The van der Waals surface area contributed by atoms with Gasteiger partial charge in [0.2, 0.25) is 5.91 Å². The summed E-state index contributed by atoms with van der Waals surface area (Å²) in [5.74, 6) is -0.0425. The fraction of sp³-hybridized carbons (Fsp3) is 0.417. The lowest BCUT2D eigenvalue weighted by Crippen LogP contribution is -2.28. The van der Waals surface area contributed by atoms with E-state index in [1.165, 1.54) is 4.88 Å². The van der Waals surface area contributed by atoms with Gasteiger partial charge in [0.05, 0.1) is 0 Å². The average molecular weight is 238 g/mol. The van der Waals surface area contributed by atoms with Crippen LogP contribution in [0.2, 0.25) is 0 Å². The van der Waals surface area contributed by atoms with Crippen LogP contribution in [0.1, 0.15) is 25.1 Å². The SMILES string of the molecule is CC/C(C(=O)NCCc1cccs1)=C(\C)N. The average Bonchev–Trinajstić information content (AvgIpc) is 2.71. The minimum Gasteiger partial charge on any atom is -0.402 e. The van der Waals surface area contributed by atoms with Gasteiger partial charge in [-0.15, -0.1) is 11.3 Å². The zero-order valence-corrected chi connectivity index (χ0v) is 10.6. The number of hydrogen-bond acceptors (Lipinski definition) is 3. The van der Waals surface area contributed by atoms with Crippen LogP contribution < -0.4 is 11.1 Å². The molecule has 0 saturated carbocycles. The molecule has 0 aliphatic carbocycles. The predicted octanol–water partition coefficient (Wildman–Crippen LogP) is 2.05. The Labute approximate surface area is 100 Å². The topological polar surface area (TPSA) is 55.1 Å². The van der Waals surface area contributed by atoms with Gasteiger partial charge in [-0.3, -0.25) is 4.79 Å². The zero-order chi connectivity index (χ0) is 12.0. The van der Waals surface area contributed by atoms with Crippen molar-refractivity contribution < 1.29 is 4.79 Å². The highest BCUT2D eigenvalue weighted by Crippen LogP contribution is 2.08. The number of thiophene rings is 1. The maximum absolute atomic E-state index is 11.7. The number of nitrogens with one attached hydrogen (secondary N) is 1. The first kappa shape index (κ1) is 12.8. The number of carbonyl (C=O) groups is 1. The fourth-order valence-corrected chi connectivity index (χ4v) is 2.19. The Morgan fingerprint density at radius 3 is 2.81 bits per heavy atom. The molecule has 0 radical (unpaired) electrons. The van der Waals surface area contributed by atoms with Gasteiger partial charge in [0.15, 0.2) is 0 Å². The first-order valence-electron chi connectivity index (χ1n) is 5.41. The Morgan fingerprint density at radius 1 is 1.56 bits per heavy atom. The van der Waals surface area contributed by atoms with Crippen LogP contribution in [-0.2, 0) is 11.2 Å². The van der Waals surface area contributed by atoms with Crippen molar-refractivity contribution in [3.63, 3.8) is 0 Å². The molecule has 0 bridgehead atoms. The van der Waals surface area contributed by atoms with Gasteiger partial charge in [0, 0.05) is 22.7 Å². The molecule has 0 saturated heterocycles. The Kier molecular flexibility index (Phi) is 5.05. The summed E-state index contributed by atoms with van der Waals surface area (Å²) in [6, 6.07) is 4.09. The van der Waals surface area contributed by atoms with E-state index in [0.29, 0.717) is 24.2 Å². The highest BCUT2D eigenvalue weighted by atomic mass is 32.1. The summed E-state index contributed by atoms with van der Waals surface area (Å²) >= 11 is 1.71. The van der Waals surface area contributed by atoms with Crippen molar-refractivity contribution in [2.24, 2.45) is 5.73 Å². The van der Waals surface area contributed by atoms with Gasteiger partial charge >= 0.3 is 0 Å². The molecule has 3 nitrogen and oxygen atoms in total. The second-order valence-electron chi connectivity index (χ2n) is 3.60. The van der Waals surface area contributed by atoms with Crippen molar-refractivity contribution in [2.45, 2.75) is 26.7 Å². The van der Waals surface area contributed by atoms with E-state index in [4.69, 9.17) is 5.73 Å². The summed E-state index contributed by atoms with van der Waals surface area (Å²) in [7, 11) is 0. The van der Waals surface area contributed by atoms with Crippen molar-refractivity contribution in [1.82, 2.24) is 5.32 Å². The second-order valence-corrected chi connectivity index (χ2v) is 4.63. The molecule has 16 heavy (non-hydrogen) atoms. The van der Waals surface area contributed by atoms with Gasteiger partial charge in [-0.2, -0.15) is 0 Å². The summed E-state index contributed by atoms with van der Waals surface area (Å²) in [5, 5.41) is 4.92. The molecule has 1 heterocycles. The third-order valence-electron chi connectivity index (χ3n) is 2.34. The van der Waals surface area contributed by atoms with Crippen molar-refractivity contribution in [3.8, 4) is 0 Å². The van der Waals surface area contributed by atoms with E-state index in [0.717, 1.165) is 6.42 Å². The highest BCUT2D eigenvalue weighted by Gasteiger charge is 2.08. The molecule has 0 fully saturated rings. The lowest BCUT2D eigenvalue weighted by molar-refractivity contribution is -0.117. The number of allylic oxidation sites excluding steroid dienone is 1. The largest absolute Gasteiger partial charge is 0.402 e. The molecule has 0 unspecified atom stereocenters. The van der Waals surface area contributed by atoms with Gasteiger partial charge in [0.25, 0.3) is 0 Å². The number of nitrogens with two attached hydrogens (primary N) is 1. The fourth-order valence-electron chi connectivity index (χ4n) is 1.48. The number of carbonyl (C=O) groups excluding carboxylic acids is 1. The predicted molar refractivity (Wildman–Crippen MR) is 68.2 cm³/mol. The monoisotopic (exact) mass is 238 g/mol. The third-order valence-corrected chi connectivity index (χ3v) is 3.28. The van der Waals surface area contributed by atoms with Gasteiger partial charge in [-0.25, -0.2) is 0 Å². The van der Waals surface area contributed by atoms with Crippen LogP contribution in [0.15, 0.2) is 28.8 Å². The molecule has 0 atom stereocenters. The molecule has 3 N–H and O–H groups in total. The van der Waals surface area contributed by atoms with E-state index in [1.54, 1.807) is 18.3 Å². The highest BCUT2D eigenvalue weighted by molar-refractivity contribution is 7.09. The smallest absolute Gasteiger partial charge is 0.248 e. The zero-order valence-electron chi connectivity index (χ0n) is 9.75. The Balaban J connectivity index is 2.38. The van der Waals surface area contributed by atoms with E-state index in [9.17, 15) is 4.79 Å². The van der Waals surface area contributed by atoms with Gasteiger partial charge in [0.1, 0.15) is 0 Å². The third kappa shape index (κ3) is 3.70. The summed E-state index contributed by atoms with van der Waals surface area (Å²) in [5.41, 5.74) is 6.93.